The molecule has 52 heavy (non-hydrogen) atoms. The van der Waals surface area contributed by atoms with E-state index in [4.69, 9.17) is 39.5 Å². The molecule has 6 atom stereocenters. The van der Waals surface area contributed by atoms with Crippen LogP contribution in [0.4, 0.5) is 33.3 Å². The first-order valence-electron chi connectivity index (χ1n) is 15.7. The highest BCUT2D eigenvalue weighted by Crippen LogP contribution is 2.64. The van der Waals surface area contributed by atoms with Crippen LogP contribution in [0, 0.1) is 59.7 Å². The van der Waals surface area contributed by atoms with Gasteiger partial charge in [-0.15, -0.1) is 23.2 Å². The van der Waals surface area contributed by atoms with E-state index in [2.05, 4.69) is 0 Å². The van der Waals surface area contributed by atoms with E-state index >= 15 is 8.78 Å². The van der Waals surface area contributed by atoms with Crippen LogP contribution in [0.3, 0.4) is 0 Å². The van der Waals surface area contributed by atoms with Gasteiger partial charge in [-0.2, -0.15) is 0 Å². The van der Waals surface area contributed by atoms with Crippen LogP contribution in [0.2, 0.25) is 5.02 Å². The van der Waals surface area contributed by atoms with Crippen LogP contribution in [0.15, 0.2) is 54.1 Å². The fourth-order valence-corrected chi connectivity index (χ4v) is 8.86. The average Bonchev–Trinajstić information content (AvgIpc) is 3.46. The minimum atomic E-state index is -2.66. The number of methoxy groups -OCH3 is 1. The maximum atomic E-state index is 15.2. The van der Waals surface area contributed by atoms with E-state index in [0.717, 1.165) is 4.90 Å². The number of aryl methyl sites for hydroxylation is 1. The molecule has 1 saturated carbocycles. The van der Waals surface area contributed by atoms with E-state index < -0.39 is 98.2 Å². The van der Waals surface area contributed by atoms with Gasteiger partial charge < -0.3 is 9.84 Å². The lowest BCUT2D eigenvalue weighted by Crippen LogP contribution is -2.60. The zero-order valence-corrected chi connectivity index (χ0v) is 29.1. The summed E-state index contributed by atoms with van der Waals surface area (Å²) in [5.41, 5.74) is -0.346. The summed E-state index contributed by atoms with van der Waals surface area (Å²) in [5.74, 6) is -21.5. The summed E-state index contributed by atoms with van der Waals surface area (Å²) < 4.78 is 78.5. The predicted molar refractivity (Wildman–Crippen MR) is 180 cm³/mol. The van der Waals surface area contributed by atoms with Gasteiger partial charge in [0.1, 0.15) is 5.69 Å². The molecule has 0 spiro atoms. The Kier molecular flexibility index (Phi) is 8.51. The molecule has 270 valence electrons. The van der Waals surface area contributed by atoms with Gasteiger partial charge in [-0.1, -0.05) is 47.5 Å². The minimum Gasteiger partial charge on any atom is -0.504 e. The lowest BCUT2D eigenvalue weighted by molar-refractivity contribution is -0.125. The number of halogens is 8. The number of nitrogens with zero attached hydrogens (tertiary/aromatic N) is 2. The van der Waals surface area contributed by atoms with Crippen LogP contribution < -0.4 is 14.5 Å². The monoisotopic (exact) mass is 780 g/mol. The number of hydrogen-bond donors (Lipinski definition) is 1. The smallest absolute Gasteiger partial charge is 0.258 e. The highest BCUT2D eigenvalue weighted by molar-refractivity contribution is 6.58. The summed E-state index contributed by atoms with van der Waals surface area (Å²) >= 11 is 20.5. The number of allylic oxidation sites excluding steroid dienone is 3. The van der Waals surface area contributed by atoms with Crippen molar-refractivity contribution in [3.8, 4) is 11.5 Å². The van der Waals surface area contributed by atoms with Crippen molar-refractivity contribution in [3.05, 3.63) is 99.4 Å². The number of benzene rings is 3. The molecule has 1 N–H and O–H groups in total. The molecular formula is C36H24Cl3F5N2O6. The molecule has 4 aliphatic rings. The first kappa shape index (κ1) is 35.9. The van der Waals surface area contributed by atoms with E-state index in [0.29, 0.717) is 11.1 Å². The Hall–Kier alpha value is -4.46. The van der Waals surface area contributed by atoms with Gasteiger partial charge in [0.2, 0.25) is 17.6 Å². The number of ether oxygens (including phenoxy) is 1. The lowest BCUT2D eigenvalue weighted by atomic mass is 9.57. The molecule has 2 heterocycles. The standard InChI is InChI=1S/C36H24Cl3F5N2O6/c1-14-3-6-16(12-21(14)37)45-31(48)18-8-7-17-19(24(18)32(45)49)13-35(38)33(50)46(30-28(43)26(41)25(40)27(42)29(30)44)34(51)36(35,39)20(17)9-4-15-5-10-22(47)23(11-15)52-2/h3-7,9-12,18-20,24,47H,8,13H2,1-2H3. The average molecular weight is 782 g/mol. The van der Waals surface area contributed by atoms with E-state index in [1.807, 2.05) is 0 Å². The molecule has 3 fully saturated rings. The van der Waals surface area contributed by atoms with Gasteiger partial charge in [0.15, 0.2) is 44.5 Å². The number of hydrogen-bond acceptors (Lipinski definition) is 6. The first-order chi connectivity index (χ1) is 24.5. The van der Waals surface area contributed by atoms with Gasteiger partial charge >= 0.3 is 0 Å². The summed E-state index contributed by atoms with van der Waals surface area (Å²) in [6.07, 6.45) is 3.68. The molecule has 2 aliphatic carbocycles. The van der Waals surface area contributed by atoms with E-state index in [-0.39, 0.29) is 39.1 Å². The molecule has 16 heteroatoms. The summed E-state index contributed by atoms with van der Waals surface area (Å²) in [4.78, 5) is 52.0. The number of alkyl halides is 2. The van der Waals surface area contributed by atoms with Crippen molar-refractivity contribution in [2.45, 2.75) is 29.5 Å². The number of carbonyl (C=O) groups excluding carboxylic acids is 4. The summed E-state index contributed by atoms with van der Waals surface area (Å²) in [5, 5.41) is 10.4. The van der Waals surface area contributed by atoms with E-state index in [1.54, 1.807) is 19.1 Å². The molecule has 3 aromatic rings. The van der Waals surface area contributed by atoms with Crippen LogP contribution >= 0.6 is 34.8 Å². The molecule has 0 bridgehead atoms. The van der Waals surface area contributed by atoms with Crippen LogP contribution in [0.5, 0.6) is 11.5 Å². The van der Waals surface area contributed by atoms with Crippen molar-refractivity contribution in [1.29, 1.82) is 0 Å². The maximum absolute atomic E-state index is 15.2. The van der Waals surface area contributed by atoms with Gasteiger partial charge in [0, 0.05) is 10.9 Å². The molecule has 0 radical (unpaired) electrons. The number of amides is 4. The Morgan fingerprint density at radius 2 is 1.52 bits per heavy atom. The highest BCUT2D eigenvalue weighted by atomic mass is 35.5. The van der Waals surface area contributed by atoms with Crippen molar-refractivity contribution < 1.29 is 51.0 Å². The van der Waals surface area contributed by atoms with Crippen molar-refractivity contribution >= 4 is 75.9 Å². The minimum absolute atomic E-state index is 0.0275. The lowest BCUT2D eigenvalue weighted by Gasteiger charge is -2.49. The number of carbonyl (C=O) groups is 4. The summed E-state index contributed by atoms with van der Waals surface area (Å²) in [7, 11) is 1.30. The van der Waals surface area contributed by atoms with Gasteiger partial charge in [-0.05, 0) is 61.1 Å². The summed E-state index contributed by atoms with van der Waals surface area (Å²) in [6, 6.07) is 8.79. The molecule has 8 nitrogen and oxygen atoms in total. The second-order valence-electron chi connectivity index (χ2n) is 13.0. The largest absolute Gasteiger partial charge is 0.504 e. The Bertz CT molecular complexity index is 2190. The number of anilines is 2. The zero-order chi connectivity index (χ0) is 37.8. The van der Waals surface area contributed by atoms with E-state index in [9.17, 15) is 37.5 Å². The molecule has 4 amide bonds. The van der Waals surface area contributed by atoms with Crippen LogP contribution in [0.1, 0.15) is 24.0 Å². The van der Waals surface area contributed by atoms with Crippen LogP contribution in [-0.4, -0.2) is 45.6 Å². The Labute approximate surface area is 307 Å². The molecule has 0 aromatic heterocycles. The SMILES string of the molecule is COc1cc(C=CC2C3=CCC4C(=O)N(c5ccc(C)c(Cl)c5)C(=O)C4C3CC3(Cl)C(=O)N(c4c(F)c(F)c(F)c(F)c4F)C(=O)C23Cl)ccc1O. The third-order valence-electron chi connectivity index (χ3n) is 10.4. The van der Waals surface area contributed by atoms with Crippen LogP contribution in [-0.2, 0) is 19.2 Å². The maximum Gasteiger partial charge on any atom is 0.258 e. The molecule has 6 unspecified atom stereocenters. The molecule has 2 aliphatic heterocycles. The van der Waals surface area contributed by atoms with Crippen LogP contribution in [0.25, 0.3) is 6.08 Å². The Morgan fingerprint density at radius 1 is 0.865 bits per heavy atom. The van der Waals surface area contributed by atoms with Crippen molar-refractivity contribution in [2.75, 3.05) is 16.9 Å². The number of phenols is 1. The summed E-state index contributed by atoms with van der Waals surface area (Å²) in [6.45, 7) is 1.73. The van der Waals surface area contributed by atoms with E-state index in [1.165, 1.54) is 49.6 Å². The fraction of sp³-hybridized carbons (Fsp3) is 0.278. The van der Waals surface area contributed by atoms with Crippen molar-refractivity contribution in [3.63, 3.8) is 0 Å². The van der Waals surface area contributed by atoms with Gasteiger partial charge in [0.05, 0.1) is 24.6 Å². The molecule has 3 aromatic carbocycles. The Morgan fingerprint density at radius 3 is 2.15 bits per heavy atom. The Balaban J connectivity index is 1.40. The number of fused-ring (bicyclic) bond motifs is 4. The van der Waals surface area contributed by atoms with Gasteiger partial charge in [-0.3, -0.25) is 19.2 Å². The van der Waals surface area contributed by atoms with Gasteiger partial charge in [0.25, 0.3) is 11.8 Å². The fourth-order valence-electron chi connectivity index (χ4n) is 7.80. The second-order valence-corrected chi connectivity index (χ2v) is 14.6. The molecule has 2 saturated heterocycles. The second kappa shape index (κ2) is 12.3. The van der Waals surface area contributed by atoms with Gasteiger partial charge in [-0.25, -0.2) is 31.8 Å². The highest BCUT2D eigenvalue weighted by Gasteiger charge is 2.76. The number of rotatable bonds is 5. The third-order valence-corrected chi connectivity index (χ3v) is 12.2. The number of phenolic OH excluding ortho intramolecular Hbond substituents is 1. The molecule has 7 rings (SSSR count). The predicted octanol–water partition coefficient (Wildman–Crippen LogP) is 7.37. The van der Waals surface area contributed by atoms with Crippen molar-refractivity contribution in [1.82, 2.24) is 0 Å². The quantitative estimate of drug-likeness (QED) is 0.0725. The zero-order valence-electron chi connectivity index (χ0n) is 26.8. The normalized spacial score (nSPS) is 28.4. The molecular weight excluding hydrogens is 758 g/mol. The first-order valence-corrected chi connectivity index (χ1v) is 16.8. The third kappa shape index (κ3) is 4.78. The topological polar surface area (TPSA) is 104 Å². The van der Waals surface area contributed by atoms with Crippen molar-refractivity contribution in [2.24, 2.45) is 23.7 Å². The number of aromatic hydroxyl groups is 1. The number of imide groups is 2.